The number of amidine groups is 2. The highest BCUT2D eigenvalue weighted by molar-refractivity contribution is 6.12. The summed E-state index contributed by atoms with van der Waals surface area (Å²) < 4.78 is 2.19. The Morgan fingerprint density at radius 2 is 1.43 bits per heavy atom. The van der Waals surface area contributed by atoms with E-state index in [-0.39, 0.29) is 5.41 Å². The fraction of sp³-hybridized carbons (Fsp3) is 0.135. The Labute approximate surface area is 332 Å². The summed E-state index contributed by atoms with van der Waals surface area (Å²) in [5, 5.41) is 1.92. The highest BCUT2D eigenvalue weighted by Gasteiger charge is 2.35. The molecule has 4 aromatic carbocycles. The summed E-state index contributed by atoms with van der Waals surface area (Å²) in [7, 11) is 0. The van der Waals surface area contributed by atoms with E-state index in [1.807, 2.05) is 91.9 Å². The summed E-state index contributed by atoms with van der Waals surface area (Å²) in [4.78, 5) is 14.4. The number of fused-ring (bicyclic) bond motifs is 1. The third-order valence-corrected chi connectivity index (χ3v) is 10.5. The standard InChI is InChI=1S/C52H50N4/c1-10-14-26-48-36(5)37(6)49(56(48)35-54-51(42-24-19-16-20-25-42)55-50(53-9)41-22-17-15-18-23-41)34-38(12-3)39-27-29-40(30-28-39)43-31-32-45-44(13-4)46(21-11-2)52(7,8)47(45)33-43/h10-34H,3-5,9,35H2,1-2,6-8H3/b14-10-,21-11-,38-34+,48-26+,54-51-,55-50?. The number of hydrogen-bond acceptors (Lipinski definition) is 1. The Balaban J connectivity index is 1.41. The number of benzene rings is 4. The summed E-state index contributed by atoms with van der Waals surface area (Å²) >= 11 is 0. The van der Waals surface area contributed by atoms with Crippen molar-refractivity contribution in [2.45, 2.75) is 46.7 Å². The lowest BCUT2D eigenvalue weighted by Crippen LogP contribution is -2.29. The Morgan fingerprint density at radius 3 is 2.02 bits per heavy atom. The van der Waals surface area contributed by atoms with Crippen LogP contribution >= 0.6 is 0 Å². The first kappa shape index (κ1) is 39.1. The molecule has 1 heterocycles. The maximum absolute atomic E-state index is 5.14. The van der Waals surface area contributed by atoms with Gasteiger partial charge in [0.15, 0.2) is 11.7 Å². The molecule has 1 aliphatic carbocycles. The van der Waals surface area contributed by atoms with E-state index in [1.165, 1.54) is 27.8 Å². The maximum Gasteiger partial charge on any atom is 0.161 e. The highest BCUT2D eigenvalue weighted by Crippen LogP contribution is 2.48. The molecule has 0 bridgehead atoms. The van der Waals surface area contributed by atoms with Gasteiger partial charge in [-0.25, -0.2) is 15.0 Å². The van der Waals surface area contributed by atoms with Gasteiger partial charge < -0.3 is 4.57 Å². The van der Waals surface area contributed by atoms with E-state index in [0.29, 0.717) is 18.3 Å². The average molecular weight is 731 g/mol. The number of aliphatic imine (C=N–C) groups is 3. The molecular weight excluding hydrogens is 681 g/mol. The Hall–Kier alpha value is -6.65. The van der Waals surface area contributed by atoms with Crippen LogP contribution in [0.2, 0.25) is 0 Å². The van der Waals surface area contributed by atoms with Crippen molar-refractivity contribution in [3.63, 3.8) is 0 Å². The van der Waals surface area contributed by atoms with Crippen molar-refractivity contribution in [3.8, 4) is 11.1 Å². The van der Waals surface area contributed by atoms with Gasteiger partial charge in [-0.15, -0.1) is 0 Å². The molecule has 0 spiro atoms. The van der Waals surface area contributed by atoms with Gasteiger partial charge in [-0.2, -0.15) is 0 Å². The van der Waals surface area contributed by atoms with Gasteiger partial charge in [0.2, 0.25) is 0 Å². The fourth-order valence-electron chi connectivity index (χ4n) is 7.40. The molecule has 0 fully saturated rings. The molecule has 56 heavy (non-hydrogen) atoms. The van der Waals surface area contributed by atoms with Crippen LogP contribution in [-0.2, 0) is 12.1 Å². The zero-order valence-corrected chi connectivity index (χ0v) is 33.3. The Kier molecular flexibility index (Phi) is 12.0. The molecule has 0 aliphatic heterocycles. The first-order valence-corrected chi connectivity index (χ1v) is 19.0. The number of nitrogens with zero attached hydrogens (tertiary/aromatic N) is 4. The molecule has 4 heteroatoms. The van der Waals surface area contributed by atoms with Crippen LogP contribution in [-0.4, -0.2) is 23.0 Å². The summed E-state index contributed by atoms with van der Waals surface area (Å²) in [6.45, 7) is 27.8. The van der Waals surface area contributed by atoms with Gasteiger partial charge in [-0.1, -0.05) is 167 Å². The Bertz CT molecular complexity index is 2580. The minimum atomic E-state index is -0.117. The van der Waals surface area contributed by atoms with Gasteiger partial charge in [0.05, 0.1) is 0 Å². The Morgan fingerprint density at radius 1 is 0.786 bits per heavy atom. The molecular formula is C52H50N4. The van der Waals surface area contributed by atoms with Crippen molar-refractivity contribution in [1.82, 2.24) is 4.57 Å². The number of hydrogen-bond donors (Lipinski definition) is 0. The molecule has 0 unspecified atom stereocenters. The normalized spacial score (nSPS) is 14.9. The quantitative estimate of drug-likeness (QED) is 0.0738. The minimum Gasteiger partial charge on any atom is -0.320 e. The molecule has 0 radical (unpaired) electrons. The fourth-order valence-corrected chi connectivity index (χ4v) is 7.40. The van der Waals surface area contributed by atoms with Crippen molar-refractivity contribution in [3.05, 3.63) is 208 Å². The molecule has 4 nitrogen and oxygen atoms in total. The second kappa shape index (κ2) is 17.2. The van der Waals surface area contributed by atoms with Crippen LogP contribution < -0.4 is 10.6 Å². The average Bonchev–Trinajstić information content (AvgIpc) is 3.59. The third-order valence-electron chi connectivity index (χ3n) is 10.5. The van der Waals surface area contributed by atoms with Gasteiger partial charge >= 0.3 is 0 Å². The second-order valence-electron chi connectivity index (χ2n) is 14.2. The van der Waals surface area contributed by atoms with Gasteiger partial charge in [-0.05, 0) is 101 Å². The smallest absolute Gasteiger partial charge is 0.161 e. The zero-order chi connectivity index (χ0) is 39.8. The van der Waals surface area contributed by atoms with Crippen LogP contribution in [0.15, 0.2) is 173 Å². The lowest BCUT2D eigenvalue weighted by Gasteiger charge is -2.23. The molecule has 1 aromatic heterocycles. The van der Waals surface area contributed by atoms with Crippen molar-refractivity contribution in [2.24, 2.45) is 15.0 Å². The van der Waals surface area contributed by atoms with E-state index < -0.39 is 0 Å². The number of aromatic nitrogens is 1. The second-order valence-corrected chi connectivity index (χ2v) is 14.2. The van der Waals surface area contributed by atoms with Crippen LogP contribution in [0.4, 0.5) is 0 Å². The van der Waals surface area contributed by atoms with E-state index >= 15 is 0 Å². The van der Waals surface area contributed by atoms with Gasteiger partial charge in [0.1, 0.15) is 6.67 Å². The third kappa shape index (κ3) is 7.78. The summed E-state index contributed by atoms with van der Waals surface area (Å²) in [5.41, 5.74) is 13.2. The summed E-state index contributed by atoms with van der Waals surface area (Å²) in [5.74, 6) is 1.07. The van der Waals surface area contributed by atoms with Crippen LogP contribution in [0.5, 0.6) is 0 Å². The first-order valence-electron chi connectivity index (χ1n) is 19.0. The van der Waals surface area contributed by atoms with Gasteiger partial charge in [0.25, 0.3) is 0 Å². The van der Waals surface area contributed by atoms with E-state index in [0.717, 1.165) is 49.7 Å². The lowest BCUT2D eigenvalue weighted by atomic mass is 9.80. The van der Waals surface area contributed by atoms with Crippen molar-refractivity contribution in [1.29, 1.82) is 0 Å². The van der Waals surface area contributed by atoms with Crippen LogP contribution in [0.3, 0.4) is 0 Å². The van der Waals surface area contributed by atoms with Crippen molar-refractivity contribution < 1.29 is 0 Å². The minimum absolute atomic E-state index is 0.117. The predicted octanol–water partition coefficient (Wildman–Crippen LogP) is 11.3. The van der Waals surface area contributed by atoms with Crippen molar-refractivity contribution >= 4 is 48.3 Å². The largest absolute Gasteiger partial charge is 0.320 e. The van der Waals surface area contributed by atoms with Crippen LogP contribution in [0, 0.1) is 6.92 Å². The predicted molar refractivity (Wildman–Crippen MR) is 244 cm³/mol. The summed E-state index contributed by atoms with van der Waals surface area (Å²) in [6.07, 6.45) is 16.6. The first-order chi connectivity index (χ1) is 27.2. The molecule has 0 amide bonds. The SMILES string of the molecule is C=CC1=C(/C=C\C)C(C)(C)c2cc(-c3ccc(/C(C=C)=C/c4c(C)c(=C)/c(=C\C=C/C)n4C/N=C(\N=C(N=C)c4ccccc4)c4ccccc4)cc3)ccc21. The molecule has 0 atom stereocenters. The maximum atomic E-state index is 5.14. The topological polar surface area (TPSA) is 42.0 Å². The molecule has 278 valence electrons. The summed E-state index contributed by atoms with van der Waals surface area (Å²) in [6, 6.07) is 35.4. The highest BCUT2D eigenvalue weighted by atomic mass is 15.1. The van der Waals surface area contributed by atoms with Gasteiger partial charge in [0, 0.05) is 27.6 Å². The zero-order valence-electron chi connectivity index (χ0n) is 33.3. The van der Waals surface area contributed by atoms with E-state index in [9.17, 15) is 0 Å². The van der Waals surface area contributed by atoms with Crippen molar-refractivity contribution in [2.75, 3.05) is 0 Å². The number of allylic oxidation sites excluding steroid dienone is 9. The number of rotatable bonds is 11. The van der Waals surface area contributed by atoms with Gasteiger partial charge in [-0.3, -0.25) is 0 Å². The molecule has 0 saturated heterocycles. The molecule has 1 aliphatic rings. The van der Waals surface area contributed by atoms with E-state index in [1.54, 1.807) is 0 Å². The van der Waals surface area contributed by atoms with E-state index in [2.05, 4.69) is 130 Å². The monoisotopic (exact) mass is 730 g/mol. The molecule has 6 rings (SSSR count). The van der Waals surface area contributed by atoms with Crippen LogP contribution in [0.1, 0.15) is 66.8 Å². The van der Waals surface area contributed by atoms with E-state index in [4.69, 9.17) is 9.98 Å². The lowest BCUT2D eigenvalue weighted by molar-refractivity contribution is 0.654. The van der Waals surface area contributed by atoms with Crippen LogP contribution in [0.25, 0.3) is 41.0 Å². The molecule has 0 saturated carbocycles. The molecule has 0 N–H and O–H groups in total. The molecule has 5 aromatic rings.